The molecule has 4 heterocycles. The van der Waals surface area contributed by atoms with Gasteiger partial charge in [0.05, 0.1) is 32.1 Å². The van der Waals surface area contributed by atoms with Gasteiger partial charge in [0.1, 0.15) is 22.7 Å². The maximum Gasteiger partial charge on any atom is 0.418 e. The van der Waals surface area contributed by atoms with Gasteiger partial charge in [-0.1, -0.05) is 0 Å². The Kier molecular flexibility index (Phi) is 9.65. The molecule has 2 saturated heterocycles. The average Bonchev–Trinajstić information content (AvgIpc) is 3.72. The Bertz CT molecular complexity index is 1830. The van der Waals surface area contributed by atoms with Gasteiger partial charge in [0.15, 0.2) is 6.29 Å². The number of carbonyl (C=O) groups is 1. The highest BCUT2D eigenvalue weighted by Crippen LogP contribution is 2.38. The van der Waals surface area contributed by atoms with Crippen LogP contribution in [0, 0.1) is 0 Å². The molecule has 4 aromatic rings. The number of benzene rings is 2. The Morgan fingerprint density at radius 1 is 1.06 bits per heavy atom. The first-order valence-corrected chi connectivity index (χ1v) is 15.9. The number of methoxy groups -OCH3 is 2. The van der Waals surface area contributed by atoms with Crippen LogP contribution in [0.4, 0.5) is 18.9 Å². The number of hydrogen-bond acceptors (Lipinski definition) is 8. The minimum absolute atomic E-state index is 0.149. The number of anilines is 1. The van der Waals surface area contributed by atoms with Gasteiger partial charge in [0, 0.05) is 68.1 Å². The van der Waals surface area contributed by atoms with Gasteiger partial charge >= 0.3 is 6.18 Å². The third-order valence-electron chi connectivity index (χ3n) is 8.69. The van der Waals surface area contributed by atoms with Gasteiger partial charge in [0.2, 0.25) is 5.91 Å². The van der Waals surface area contributed by atoms with E-state index in [1.165, 1.54) is 33.3 Å². The first kappa shape index (κ1) is 33.3. The maximum atomic E-state index is 14.6. The van der Waals surface area contributed by atoms with Crippen molar-refractivity contribution in [3.63, 3.8) is 0 Å². The van der Waals surface area contributed by atoms with Crippen LogP contribution in [0.3, 0.4) is 0 Å². The first-order chi connectivity index (χ1) is 23.0. The molecule has 0 radical (unpaired) electrons. The predicted molar refractivity (Wildman–Crippen MR) is 173 cm³/mol. The molecule has 48 heavy (non-hydrogen) atoms. The number of carbonyl (C=O) groups excluding carboxylic acids is 1. The van der Waals surface area contributed by atoms with Crippen LogP contribution >= 0.6 is 0 Å². The van der Waals surface area contributed by atoms with Gasteiger partial charge in [-0.2, -0.15) is 23.0 Å². The van der Waals surface area contributed by atoms with Gasteiger partial charge < -0.3 is 33.7 Å². The topological polar surface area (TPSA) is 109 Å². The SMILES string of the molecule is COc1cc(OC)cc(-c2nn(-c3cc(N4CC[C@@H](NC(C)=O)C4)ccc3C(F)(F)F)c(=O)c3c2ccn3CCOC2CCCCO2)c1. The lowest BCUT2D eigenvalue weighted by Gasteiger charge is -2.23. The summed E-state index contributed by atoms with van der Waals surface area (Å²) in [6.45, 7) is 3.45. The lowest BCUT2D eigenvalue weighted by molar-refractivity contribution is -0.163. The Balaban J connectivity index is 1.50. The molecule has 0 aliphatic carbocycles. The van der Waals surface area contributed by atoms with E-state index in [0.717, 1.165) is 30.0 Å². The van der Waals surface area contributed by atoms with E-state index < -0.39 is 23.0 Å². The van der Waals surface area contributed by atoms with Crippen molar-refractivity contribution in [2.24, 2.45) is 0 Å². The molecular formula is C34H38F3N5O6. The summed E-state index contributed by atoms with van der Waals surface area (Å²) in [7, 11) is 2.98. The summed E-state index contributed by atoms with van der Waals surface area (Å²) in [6, 6.07) is 10.3. The van der Waals surface area contributed by atoms with E-state index in [2.05, 4.69) is 10.4 Å². The Morgan fingerprint density at radius 2 is 1.83 bits per heavy atom. The fourth-order valence-corrected chi connectivity index (χ4v) is 6.37. The smallest absolute Gasteiger partial charge is 0.418 e. The van der Waals surface area contributed by atoms with Crippen LogP contribution in [0.15, 0.2) is 53.5 Å². The quantitative estimate of drug-likeness (QED) is 0.247. The molecule has 0 saturated carbocycles. The van der Waals surface area contributed by atoms with E-state index in [1.807, 2.05) is 4.90 Å². The van der Waals surface area contributed by atoms with Crippen LogP contribution in [0.25, 0.3) is 27.8 Å². The van der Waals surface area contributed by atoms with Crippen LogP contribution in [0.1, 0.15) is 38.2 Å². The van der Waals surface area contributed by atoms with Crippen molar-refractivity contribution in [1.82, 2.24) is 19.7 Å². The number of nitrogens with one attached hydrogen (secondary N) is 1. The lowest BCUT2D eigenvalue weighted by Crippen LogP contribution is -2.35. The van der Waals surface area contributed by atoms with Crippen molar-refractivity contribution in [2.75, 3.05) is 45.4 Å². The summed E-state index contributed by atoms with van der Waals surface area (Å²) in [4.78, 5) is 27.8. The van der Waals surface area contributed by atoms with Gasteiger partial charge in [-0.05, 0) is 62.1 Å². The molecule has 2 fully saturated rings. The third kappa shape index (κ3) is 6.99. The van der Waals surface area contributed by atoms with Crippen LogP contribution in [0.2, 0.25) is 0 Å². The number of alkyl halides is 3. The molecule has 0 spiro atoms. The normalized spacial score (nSPS) is 18.3. The number of fused-ring (bicyclic) bond motifs is 1. The largest absolute Gasteiger partial charge is 0.497 e. The number of nitrogens with zero attached hydrogens (tertiary/aromatic N) is 4. The van der Waals surface area contributed by atoms with Crippen molar-refractivity contribution < 1.29 is 36.9 Å². The predicted octanol–water partition coefficient (Wildman–Crippen LogP) is 5.15. The second kappa shape index (κ2) is 13.9. The zero-order valence-corrected chi connectivity index (χ0v) is 27.0. The molecule has 256 valence electrons. The number of aromatic nitrogens is 3. The minimum atomic E-state index is -4.79. The molecule has 6 rings (SSSR count). The summed E-state index contributed by atoms with van der Waals surface area (Å²) < 4.78 is 68.8. The highest BCUT2D eigenvalue weighted by atomic mass is 19.4. The standard InChI is InChI=1S/C34H38F3N5O6/c1-21(43)38-23-9-11-41(20-23)24-7-8-28(34(35,36)37)29(18-24)42-33(44)32-27(10-12-40(32)13-15-48-30-6-4-5-14-47-30)31(39-42)22-16-25(45-2)19-26(17-22)46-3/h7-8,10,12,16-19,23,30H,4-6,9,11,13-15,20H2,1-3H3,(H,38,43)/t23-,30?/m1/s1. The highest BCUT2D eigenvalue weighted by molar-refractivity contribution is 5.93. The number of amides is 1. The molecule has 2 aliphatic rings. The maximum absolute atomic E-state index is 14.6. The summed E-state index contributed by atoms with van der Waals surface area (Å²) >= 11 is 0. The number of ether oxygens (including phenoxy) is 4. The number of hydrogen-bond donors (Lipinski definition) is 1. The fraction of sp³-hybridized carbons (Fsp3) is 0.441. The van der Waals surface area contributed by atoms with E-state index in [9.17, 15) is 22.8 Å². The van der Waals surface area contributed by atoms with Gasteiger partial charge in [0.25, 0.3) is 5.56 Å². The molecule has 0 bridgehead atoms. The van der Waals surface area contributed by atoms with E-state index >= 15 is 0 Å². The monoisotopic (exact) mass is 669 g/mol. The van der Waals surface area contributed by atoms with Crippen LogP contribution in [0.5, 0.6) is 11.5 Å². The van der Waals surface area contributed by atoms with Crippen molar-refractivity contribution in [3.05, 3.63) is 64.6 Å². The van der Waals surface area contributed by atoms with Crippen molar-refractivity contribution in [2.45, 2.75) is 57.7 Å². The number of halogens is 3. The molecular weight excluding hydrogens is 631 g/mol. The summed E-state index contributed by atoms with van der Waals surface area (Å²) in [5.74, 6) is 0.705. The molecule has 2 atom stereocenters. The molecule has 14 heteroatoms. The third-order valence-corrected chi connectivity index (χ3v) is 8.69. The van der Waals surface area contributed by atoms with Crippen molar-refractivity contribution in [3.8, 4) is 28.4 Å². The second-order valence-electron chi connectivity index (χ2n) is 11.9. The van der Waals surface area contributed by atoms with E-state index in [0.29, 0.717) is 54.3 Å². The molecule has 11 nitrogen and oxygen atoms in total. The molecule has 1 unspecified atom stereocenters. The van der Waals surface area contributed by atoms with E-state index in [4.69, 9.17) is 18.9 Å². The minimum Gasteiger partial charge on any atom is -0.497 e. The molecule has 1 N–H and O–H groups in total. The van der Waals surface area contributed by atoms with Crippen LogP contribution < -0.4 is 25.2 Å². The molecule has 2 aromatic heterocycles. The summed E-state index contributed by atoms with van der Waals surface area (Å²) in [5, 5.41) is 7.92. The molecule has 2 aromatic carbocycles. The van der Waals surface area contributed by atoms with Gasteiger partial charge in [-0.15, -0.1) is 0 Å². The molecule has 2 aliphatic heterocycles. The Morgan fingerprint density at radius 3 is 2.50 bits per heavy atom. The van der Waals surface area contributed by atoms with Crippen molar-refractivity contribution in [1.29, 1.82) is 0 Å². The highest BCUT2D eigenvalue weighted by Gasteiger charge is 2.36. The van der Waals surface area contributed by atoms with Crippen LogP contribution in [-0.4, -0.2) is 73.1 Å². The van der Waals surface area contributed by atoms with E-state index in [-0.39, 0.29) is 42.6 Å². The zero-order chi connectivity index (χ0) is 34.0. The average molecular weight is 670 g/mol. The summed E-state index contributed by atoms with van der Waals surface area (Å²) in [5.41, 5.74) is -0.753. The zero-order valence-electron chi connectivity index (χ0n) is 27.0. The van der Waals surface area contributed by atoms with Gasteiger partial charge in [-0.3, -0.25) is 9.59 Å². The summed E-state index contributed by atoms with van der Waals surface area (Å²) in [6.07, 6.45) is -0.0614. The Labute approximate surface area is 275 Å². The molecule has 1 amide bonds. The first-order valence-electron chi connectivity index (χ1n) is 15.9. The van der Waals surface area contributed by atoms with Gasteiger partial charge in [-0.25, -0.2) is 0 Å². The van der Waals surface area contributed by atoms with Crippen molar-refractivity contribution >= 4 is 22.5 Å². The second-order valence-corrected chi connectivity index (χ2v) is 11.9. The fourth-order valence-electron chi connectivity index (χ4n) is 6.37. The van der Waals surface area contributed by atoms with E-state index in [1.54, 1.807) is 35.0 Å². The van der Waals surface area contributed by atoms with Crippen LogP contribution in [-0.2, 0) is 27.0 Å². The Hall–Kier alpha value is -4.56. The number of rotatable bonds is 10. The lowest BCUT2D eigenvalue weighted by atomic mass is 10.1.